The molecule has 11 heavy (non-hydrogen) atoms. The van der Waals surface area contributed by atoms with Crippen molar-refractivity contribution in [2.24, 2.45) is 0 Å². The van der Waals surface area contributed by atoms with Crippen LogP contribution in [0.15, 0.2) is 17.8 Å². The van der Waals surface area contributed by atoms with Crippen LogP contribution in [0.4, 0.5) is 0 Å². The van der Waals surface area contributed by atoms with Crippen LogP contribution in [0.3, 0.4) is 0 Å². The summed E-state index contributed by atoms with van der Waals surface area (Å²) in [6, 6.07) is 0. The molecule has 0 unspecified atom stereocenters. The Morgan fingerprint density at radius 1 is 1.36 bits per heavy atom. The van der Waals surface area contributed by atoms with Crippen LogP contribution in [0.2, 0.25) is 0 Å². The van der Waals surface area contributed by atoms with Gasteiger partial charge in [0, 0.05) is 22.7 Å². The number of hydrogen-bond donors (Lipinski definition) is 0. The smallest absolute Gasteiger partial charge is 0.103 e. The lowest BCUT2D eigenvalue weighted by Crippen LogP contribution is -1.79. The molecule has 0 radical (unpaired) electrons. The van der Waals surface area contributed by atoms with Crippen LogP contribution >= 0.6 is 11.3 Å². The first-order valence-electron chi connectivity index (χ1n) is 3.59. The third-order valence-electron chi connectivity index (χ3n) is 1.62. The van der Waals surface area contributed by atoms with E-state index < -0.39 is 0 Å². The van der Waals surface area contributed by atoms with Gasteiger partial charge in [0.05, 0.1) is 5.52 Å². The highest BCUT2D eigenvalue weighted by atomic mass is 32.1. The first-order valence-corrected chi connectivity index (χ1v) is 4.47. The van der Waals surface area contributed by atoms with Crippen molar-refractivity contribution in [3.05, 3.63) is 22.7 Å². The van der Waals surface area contributed by atoms with Crippen molar-refractivity contribution >= 4 is 22.4 Å². The van der Waals surface area contributed by atoms with Crippen molar-refractivity contribution in [2.75, 3.05) is 0 Å². The maximum Gasteiger partial charge on any atom is 0.103 e. The molecule has 0 atom stereocenters. The van der Waals surface area contributed by atoms with Crippen molar-refractivity contribution in [3.8, 4) is 0 Å². The van der Waals surface area contributed by atoms with E-state index in [0.29, 0.717) is 0 Å². The molecule has 0 bridgehead atoms. The number of rotatable bonds is 1. The molecule has 2 aromatic heterocycles. The van der Waals surface area contributed by atoms with Crippen molar-refractivity contribution in [1.82, 2.24) is 9.97 Å². The van der Waals surface area contributed by atoms with E-state index in [-0.39, 0.29) is 0 Å². The van der Waals surface area contributed by atoms with Crippen LogP contribution in [0, 0.1) is 0 Å². The zero-order chi connectivity index (χ0) is 7.68. The number of thiophene rings is 1. The van der Waals surface area contributed by atoms with Gasteiger partial charge in [-0.3, -0.25) is 9.97 Å². The van der Waals surface area contributed by atoms with E-state index in [1.165, 1.54) is 4.88 Å². The fraction of sp³-hybridized carbons (Fsp3) is 0.250. The Labute approximate surface area is 68.9 Å². The second-order valence-corrected chi connectivity index (χ2v) is 3.27. The predicted octanol–water partition coefficient (Wildman–Crippen LogP) is 2.25. The van der Waals surface area contributed by atoms with Gasteiger partial charge in [-0.1, -0.05) is 6.92 Å². The summed E-state index contributed by atoms with van der Waals surface area (Å²) in [7, 11) is 0. The highest BCUT2D eigenvalue weighted by Gasteiger charge is 2.01. The number of fused-ring (bicyclic) bond motifs is 1. The van der Waals surface area contributed by atoms with Crippen LogP contribution in [-0.2, 0) is 6.42 Å². The van der Waals surface area contributed by atoms with Crippen LogP contribution < -0.4 is 0 Å². The van der Waals surface area contributed by atoms with Gasteiger partial charge in [-0.2, -0.15) is 0 Å². The molecule has 0 saturated carbocycles. The van der Waals surface area contributed by atoms with Crippen molar-refractivity contribution < 1.29 is 0 Å². The van der Waals surface area contributed by atoms with Crippen LogP contribution in [0.5, 0.6) is 0 Å². The summed E-state index contributed by atoms with van der Waals surface area (Å²) >= 11 is 1.74. The number of hydrogen-bond acceptors (Lipinski definition) is 3. The molecule has 0 aliphatic heterocycles. The Balaban J connectivity index is 2.76. The van der Waals surface area contributed by atoms with E-state index in [0.717, 1.165) is 17.5 Å². The molecule has 0 spiro atoms. The highest BCUT2D eigenvalue weighted by molar-refractivity contribution is 7.11. The van der Waals surface area contributed by atoms with Crippen molar-refractivity contribution in [3.63, 3.8) is 0 Å². The molecule has 2 rings (SSSR count). The Kier molecular flexibility index (Phi) is 1.58. The lowest BCUT2D eigenvalue weighted by atomic mass is 10.3. The average molecular weight is 164 g/mol. The monoisotopic (exact) mass is 164 g/mol. The largest absolute Gasteiger partial charge is 0.252 e. The van der Waals surface area contributed by atoms with Gasteiger partial charge >= 0.3 is 0 Å². The van der Waals surface area contributed by atoms with Gasteiger partial charge in [-0.05, 0) is 6.42 Å². The molecule has 0 fully saturated rings. The van der Waals surface area contributed by atoms with Crippen molar-refractivity contribution in [2.45, 2.75) is 13.3 Å². The Morgan fingerprint density at radius 3 is 3.00 bits per heavy atom. The fourth-order valence-corrected chi connectivity index (χ4v) is 1.95. The molecule has 0 N–H and O–H groups in total. The van der Waals surface area contributed by atoms with Gasteiger partial charge in [0.1, 0.15) is 5.52 Å². The standard InChI is InChI=1S/C8H8N2S/c1-2-7-8-6(5-11-7)9-3-4-10-8/h3-5H,2H2,1H3. The molecule has 0 saturated heterocycles. The molecule has 0 aromatic carbocycles. The Morgan fingerprint density at radius 2 is 2.18 bits per heavy atom. The summed E-state index contributed by atoms with van der Waals surface area (Å²) in [5, 5.41) is 2.06. The first-order chi connectivity index (χ1) is 5.42. The molecule has 2 nitrogen and oxygen atoms in total. The third kappa shape index (κ3) is 1.01. The molecular formula is C8H8N2S. The van der Waals surface area contributed by atoms with E-state index in [1.807, 2.05) is 0 Å². The number of aryl methyl sites for hydroxylation is 1. The third-order valence-corrected chi connectivity index (χ3v) is 2.73. The summed E-state index contributed by atoms with van der Waals surface area (Å²) in [5.74, 6) is 0. The van der Waals surface area contributed by atoms with E-state index in [9.17, 15) is 0 Å². The van der Waals surface area contributed by atoms with E-state index in [1.54, 1.807) is 23.7 Å². The fourth-order valence-electron chi connectivity index (χ4n) is 1.08. The van der Waals surface area contributed by atoms with Gasteiger partial charge < -0.3 is 0 Å². The molecule has 0 aliphatic carbocycles. The highest BCUT2D eigenvalue weighted by Crippen LogP contribution is 2.21. The molecule has 3 heteroatoms. The lowest BCUT2D eigenvalue weighted by molar-refractivity contribution is 1.18. The maximum atomic E-state index is 4.26. The van der Waals surface area contributed by atoms with Gasteiger partial charge in [0.25, 0.3) is 0 Å². The predicted molar refractivity (Wildman–Crippen MR) is 46.8 cm³/mol. The Bertz CT molecular complexity index is 367. The normalized spacial score (nSPS) is 10.6. The minimum Gasteiger partial charge on any atom is -0.252 e. The molecular weight excluding hydrogens is 156 g/mol. The van der Waals surface area contributed by atoms with Gasteiger partial charge in [-0.25, -0.2) is 0 Å². The number of nitrogens with zero attached hydrogens (tertiary/aromatic N) is 2. The second-order valence-electron chi connectivity index (χ2n) is 2.30. The second kappa shape index (κ2) is 2.58. The molecule has 2 aromatic rings. The molecule has 56 valence electrons. The van der Waals surface area contributed by atoms with Gasteiger partial charge in [0.2, 0.25) is 0 Å². The van der Waals surface area contributed by atoms with Gasteiger partial charge in [0.15, 0.2) is 0 Å². The summed E-state index contributed by atoms with van der Waals surface area (Å²) in [4.78, 5) is 9.78. The molecule has 0 amide bonds. The van der Waals surface area contributed by atoms with E-state index in [4.69, 9.17) is 0 Å². The topological polar surface area (TPSA) is 25.8 Å². The summed E-state index contributed by atoms with van der Waals surface area (Å²) in [5.41, 5.74) is 2.09. The molecule has 0 aliphatic rings. The maximum absolute atomic E-state index is 4.26. The Hall–Kier alpha value is -0.960. The van der Waals surface area contributed by atoms with E-state index in [2.05, 4.69) is 22.3 Å². The first kappa shape index (κ1) is 6.73. The minimum absolute atomic E-state index is 1.02. The molecule has 2 heterocycles. The SMILES string of the molecule is CCc1scc2nccnc12. The zero-order valence-corrected chi connectivity index (χ0v) is 7.06. The summed E-state index contributed by atoms with van der Waals surface area (Å²) < 4.78 is 0. The lowest BCUT2D eigenvalue weighted by Gasteiger charge is -1.89. The van der Waals surface area contributed by atoms with Gasteiger partial charge in [-0.15, -0.1) is 11.3 Å². The zero-order valence-electron chi connectivity index (χ0n) is 6.24. The quantitative estimate of drug-likeness (QED) is 0.646. The summed E-state index contributed by atoms with van der Waals surface area (Å²) in [6.45, 7) is 2.14. The number of aromatic nitrogens is 2. The van der Waals surface area contributed by atoms with Crippen LogP contribution in [0.1, 0.15) is 11.8 Å². The van der Waals surface area contributed by atoms with Crippen molar-refractivity contribution in [1.29, 1.82) is 0 Å². The summed E-state index contributed by atoms with van der Waals surface area (Å²) in [6.07, 6.45) is 4.52. The van der Waals surface area contributed by atoms with Crippen LogP contribution in [-0.4, -0.2) is 9.97 Å². The van der Waals surface area contributed by atoms with E-state index >= 15 is 0 Å². The average Bonchev–Trinajstić information content (AvgIpc) is 2.47. The minimum atomic E-state index is 1.02. The van der Waals surface area contributed by atoms with Crippen LogP contribution in [0.25, 0.3) is 11.0 Å².